The molecule has 3 heterocycles. The maximum atomic E-state index is 12.3. The van der Waals surface area contributed by atoms with Crippen LogP contribution in [0, 0.1) is 0 Å². The van der Waals surface area contributed by atoms with Crippen molar-refractivity contribution in [1.82, 2.24) is 25.2 Å². The van der Waals surface area contributed by atoms with Gasteiger partial charge in [-0.3, -0.25) is 9.69 Å². The highest BCUT2D eigenvalue weighted by atomic mass is 16.2. The molecule has 1 saturated heterocycles. The van der Waals surface area contributed by atoms with Crippen molar-refractivity contribution in [2.24, 2.45) is 0 Å². The average molecular weight is 469 g/mol. The van der Waals surface area contributed by atoms with Crippen molar-refractivity contribution in [3.05, 3.63) is 78.1 Å². The number of nitrogens with one attached hydrogen (secondary N) is 3. The van der Waals surface area contributed by atoms with Gasteiger partial charge in [0.05, 0.1) is 11.9 Å². The van der Waals surface area contributed by atoms with Crippen LogP contribution in [0.5, 0.6) is 0 Å². The van der Waals surface area contributed by atoms with Gasteiger partial charge in [0.15, 0.2) is 0 Å². The van der Waals surface area contributed by atoms with Crippen molar-refractivity contribution in [3.8, 4) is 11.3 Å². The zero-order chi connectivity index (χ0) is 24.0. The Hall–Kier alpha value is -3.71. The molecule has 35 heavy (non-hydrogen) atoms. The lowest BCUT2D eigenvalue weighted by molar-refractivity contribution is -0.122. The third-order valence-corrected chi connectivity index (χ3v) is 6.65. The molecule has 1 aliphatic rings. The molecule has 7 nitrogen and oxygen atoms in total. The van der Waals surface area contributed by atoms with Gasteiger partial charge in [0, 0.05) is 18.3 Å². The van der Waals surface area contributed by atoms with Gasteiger partial charge in [-0.25, -0.2) is 9.97 Å². The highest BCUT2D eigenvalue weighted by Crippen LogP contribution is 2.29. The molecule has 0 radical (unpaired) electrons. The molecular formula is C28H32N6O. The summed E-state index contributed by atoms with van der Waals surface area (Å²) in [5.74, 6) is 0.900. The Labute approximate surface area is 206 Å². The number of likely N-dealkylation sites (tertiary alicyclic amines) is 1. The number of aromatic amines is 1. The van der Waals surface area contributed by atoms with Gasteiger partial charge in [-0.1, -0.05) is 61.0 Å². The van der Waals surface area contributed by atoms with E-state index in [9.17, 15) is 4.79 Å². The van der Waals surface area contributed by atoms with E-state index >= 15 is 0 Å². The number of anilines is 1. The summed E-state index contributed by atoms with van der Waals surface area (Å²) in [5, 5.41) is 7.53. The molecule has 1 fully saturated rings. The second kappa shape index (κ2) is 10.7. The summed E-state index contributed by atoms with van der Waals surface area (Å²) in [6, 6.07) is 20.8. The van der Waals surface area contributed by atoms with E-state index in [2.05, 4.69) is 79.9 Å². The van der Waals surface area contributed by atoms with Crippen molar-refractivity contribution in [2.75, 3.05) is 25.0 Å². The van der Waals surface area contributed by atoms with Crippen LogP contribution in [0.2, 0.25) is 0 Å². The van der Waals surface area contributed by atoms with Gasteiger partial charge < -0.3 is 15.6 Å². The fourth-order valence-corrected chi connectivity index (χ4v) is 4.62. The molecule has 4 aromatic rings. The maximum Gasteiger partial charge on any atom is 0.234 e. The minimum Gasteiger partial charge on any atom is -0.363 e. The van der Waals surface area contributed by atoms with Gasteiger partial charge in [-0.15, -0.1) is 0 Å². The number of fused-ring (bicyclic) bond motifs is 1. The summed E-state index contributed by atoms with van der Waals surface area (Å²) in [4.78, 5) is 26.9. The predicted molar refractivity (Wildman–Crippen MR) is 140 cm³/mol. The van der Waals surface area contributed by atoms with Crippen molar-refractivity contribution >= 4 is 22.8 Å². The first-order valence-electron chi connectivity index (χ1n) is 12.4. The van der Waals surface area contributed by atoms with E-state index in [4.69, 9.17) is 0 Å². The molecule has 1 aliphatic heterocycles. The minimum atomic E-state index is 0.0925. The number of carbonyl (C=O) groups excluding carboxylic acids is 1. The summed E-state index contributed by atoms with van der Waals surface area (Å²) in [6.07, 6.45) is 5.24. The molecule has 3 N–H and O–H groups in total. The molecular weight excluding hydrogens is 436 g/mol. The molecule has 0 spiro atoms. The van der Waals surface area contributed by atoms with Crippen molar-refractivity contribution in [1.29, 1.82) is 0 Å². The molecule has 2 aromatic carbocycles. The van der Waals surface area contributed by atoms with Gasteiger partial charge in [-0.05, 0) is 55.6 Å². The lowest BCUT2D eigenvalue weighted by Gasteiger charge is -2.25. The molecule has 0 unspecified atom stereocenters. The number of hydrogen-bond donors (Lipinski definition) is 3. The van der Waals surface area contributed by atoms with Crippen LogP contribution in [0.1, 0.15) is 43.4 Å². The number of amides is 1. The number of hydrogen-bond acceptors (Lipinski definition) is 5. The van der Waals surface area contributed by atoms with E-state index < -0.39 is 0 Å². The topological polar surface area (TPSA) is 85.9 Å². The summed E-state index contributed by atoms with van der Waals surface area (Å²) in [5.41, 5.74) is 5.13. The van der Waals surface area contributed by atoms with E-state index in [-0.39, 0.29) is 11.9 Å². The summed E-state index contributed by atoms with van der Waals surface area (Å²) in [7, 11) is 0. The second-order valence-corrected chi connectivity index (χ2v) is 9.25. The zero-order valence-electron chi connectivity index (χ0n) is 20.1. The summed E-state index contributed by atoms with van der Waals surface area (Å²) in [6.45, 7) is 5.21. The SMILES string of the molecule is C[C@@H](Nc1ncnc2[nH]c(-c3ccc(CNC(=O)CN4CCCCC4)cc3)cc12)c1ccccc1. The van der Waals surface area contributed by atoms with E-state index in [1.807, 2.05) is 18.2 Å². The summed E-state index contributed by atoms with van der Waals surface area (Å²) >= 11 is 0. The predicted octanol–water partition coefficient (Wildman–Crippen LogP) is 4.90. The Balaban J connectivity index is 1.24. The molecule has 1 atom stereocenters. The first kappa shape index (κ1) is 23.1. The average Bonchev–Trinajstić information content (AvgIpc) is 3.34. The number of H-pyrrole nitrogens is 1. The Morgan fingerprint density at radius 1 is 1.03 bits per heavy atom. The first-order valence-corrected chi connectivity index (χ1v) is 12.4. The van der Waals surface area contributed by atoms with Crippen molar-refractivity contribution < 1.29 is 4.79 Å². The van der Waals surface area contributed by atoms with Crippen LogP contribution in [0.3, 0.4) is 0 Å². The number of rotatable bonds is 8. The fraction of sp³-hybridized carbons (Fsp3) is 0.321. The highest BCUT2D eigenvalue weighted by Gasteiger charge is 2.14. The largest absolute Gasteiger partial charge is 0.363 e. The maximum absolute atomic E-state index is 12.3. The van der Waals surface area contributed by atoms with Crippen LogP contribution in [0.15, 0.2) is 67.0 Å². The van der Waals surface area contributed by atoms with Crippen LogP contribution >= 0.6 is 0 Å². The third kappa shape index (κ3) is 5.69. The van der Waals surface area contributed by atoms with Gasteiger partial charge in [0.1, 0.15) is 17.8 Å². The van der Waals surface area contributed by atoms with Crippen LogP contribution in [0.25, 0.3) is 22.3 Å². The van der Waals surface area contributed by atoms with Crippen molar-refractivity contribution in [3.63, 3.8) is 0 Å². The molecule has 2 aromatic heterocycles. The molecule has 1 amide bonds. The molecule has 0 saturated carbocycles. The van der Waals surface area contributed by atoms with Gasteiger partial charge in [-0.2, -0.15) is 0 Å². The summed E-state index contributed by atoms with van der Waals surface area (Å²) < 4.78 is 0. The van der Waals surface area contributed by atoms with Gasteiger partial charge in [0.2, 0.25) is 5.91 Å². The van der Waals surface area contributed by atoms with Crippen LogP contribution in [-0.2, 0) is 11.3 Å². The Bertz CT molecular complexity index is 1260. The monoisotopic (exact) mass is 468 g/mol. The quantitative estimate of drug-likeness (QED) is 0.342. The first-order chi connectivity index (χ1) is 17.2. The molecule has 180 valence electrons. The lowest BCUT2D eigenvalue weighted by atomic mass is 10.1. The van der Waals surface area contributed by atoms with Crippen LogP contribution in [-0.4, -0.2) is 45.4 Å². The Kier molecular flexibility index (Phi) is 7.04. The number of benzene rings is 2. The van der Waals surface area contributed by atoms with Gasteiger partial charge in [0.25, 0.3) is 0 Å². The number of piperidine rings is 1. The highest BCUT2D eigenvalue weighted by molar-refractivity contribution is 5.91. The fourth-order valence-electron chi connectivity index (χ4n) is 4.62. The molecule has 5 rings (SSSR count). The molecule has 7 heteroatoms. The smallest absolute Gasteiger partial charge is 0.234 e. The van der Waals surface area contributed by atoms with Gasteiger partial charge >= 0.3 is 0 Å². The van der Waals surface area contributed by atoms with Crippen LogP contribution < -0.4 is 10.6 Å². The van der Waals surface area contributed by atoms with E-state index in [0.29, 0.717) is 13.1 Å². The van der Waals surface area contributed by atoms with Crippen molar-refractivity contribution in [2.45, 2.75) is 38.8 Å². The standard InChI is InChI=1S/C28H32N6O/c1-20(22-8-4-2-5-9-22)32-27-24-16-25(33-28(24)31-19-30-27)23-12-10-21(11-13-23)17-29-26(35)18-34-14-6-3-7-15-34/h2,4-5,8-13,16,19-20H,3,6-7,14-15,17-18H2,1H3,(H,29,35)(H2,30,31,32,33)/t20-/m1/s1. The second-order valence-electron chi connectivity index (χ2n) is 9.25. The normalized spacial score (nSPS) is 15.1. The Morgan fingerprint density at radius 2 is 1.80 bits per heavy atom. The lowest BCUT2D eigenvalue weighted by Crippen LogP contribution is -2.39. The van der Waals surface area contributed by atoms with E-state index in [1.165, 1.54) is 24.8 Å². The Morgan fingerprint density at radius 3 is 2.57 bits per heavy atom. The molecule has 0 bridgehead atoms. The van der Waals surface area contributed by atoms with E-state index in [1.54, 1.807) is 6.33 Å². The number of nitrogens with zero attached hydrogens (tertiary/aromatic N) is 3. The molecule has 0 aliphatic carbocycles. The third-order valence-electron chi connectivity index (χ3n) is 6.65. The number of carbonyl (C=O) groups is 1. The van der Waals surface area contributed by atoms with Crippen LogP contribution in [0.4, 0.5) is 5.82 Å². The van der Waals surface area contributed by atoms with E-state index in [0.717, 1.165) is 46.8 Å². The number of aromatic nitrogens is 3. The zero-order valence-corrected chi connectivity index (χ0v) is 20.1. The minimum absolute atomic E-state index is 0.0925.